The number of phenolic OH excluding ortho intramolecular Hbond substituents is 1. The number of ether oxygens (including phenoxy) is 6. The Morgan fingerprint density at radius 1 is 0.511 bits per heavy atom. The van der Waals surface area contributed by atoms with E-state index in [0.29, 0.717) is 75.9 Å². The number of carbonyl (C=O) groups excluding carboxylic acids is 2. The lowest BCUT2D eigenvalue weighted by atomic mass is 9.81. The normalized spacial score (nSPS) is 10.8. The number of nitrogens with one attached hydrogen (secondary N) is 3. The van der Waals surface area contributed by atoms with Crippen LogP contribution in [0.1, 0.15) is 69.8 Å². The Labute approximate surface area is 540 Å². The molecule has 20 heteroatoms. The van der Waals surface area contributed by atoms with Crippen LogP contribution in [0.25, 0.3) is 32.7 Å². The monoisotopic (exact) mass is 1260 g/mol. The van der Waals surface area contributed by atoms with Gasteiger partial charge in [-0.25, -0.2) is 9.59 Å². The number of hydrogen-bond acceptors (Lipinski definition) is 15. The van der Waals surface area contributed by atoms with Gasteiger partial charge in [0.2, 0.25) is 0 Å². The molecule has 11 rings (SSSR count). The van der Waals surface area contributed by atoms with Crippen LogP contribution in [-0.4, -0.2) is 60.6 Å². The summed E-state index contributed by atoms with van der Waals surface area (Å²) in [6.07, 6.45) is -1.00. The fourth-order valence-electron chi connectivity index (χ4n) is 8.70. The van der Waals surface area contributed by atoms with Crippen molar-refractivity contribution >= 4 is 69.9 Å². The van der Waals surface area contributed by atoms with Crippen molar-refractivity contribution in [2.45, 2.75) is 85.6 Å². The van der Waals surface area contributed by atoms with Crippen LogP contribution >= 0.6 is 12.4 Å². The topological polar surface area (TPSA) is 259 Å². The molecule has 0 aliphatic carbocycles. The summed E-state index contributed by atoms with van der Waals surface area (Å²) >= 11 is 0. The lowest BCUT2D eigenvalue weighted by Crippen LogP contribution is -2.32. The molecule has 0 saturated carbocycles. The van der Waals surface area contributed by atoms with Gasteiger partial charge < -0.3 is 64.9 Å². The zero-order valence-electron chi connectivity index (χ0n) is 51.9. The molecular weight excluding hydrogens is 1190 g/mol. The van der Waals surface area contributed by atoms with Gasteiger partial charge in [0.25, 0.3) is 0 Å². The van der Waals surface area contributed by atoms with Gasteiger partial charge in [-0.1, -0.05) is 127 Å². The van der Waals surface area contributed by atoms with Crippen molar-refractivity contribution in [2.24, 2.45) is 5.73 Å². The molecule has 3 aromatic heterocycles. The number of alkyl carbamates (subject to hydrolysis) is 2. The van der Waals surface area contributed by atoms with E-state index >= 15 is 0 Å². The average Bonchev–Trinajstić information content (AvgIpc) is 0.829. The first-order chi connectivity index (χ1) is 43.7. The fourth-order valence-corrected chi connectivity index (χ4v) is 8.70. The van der Waals surface area contributed by atoms with Gasteiger partial charge in [0.15, 0.2) is 5.43 Å². The molecule has 0 spiro atoms. The Morgan fingerprint density at radius 2 is 0.924 bits per heavy atom. The third-order valence-electron chi connectivity index (χ3n) is 12.8. The molecule has 8 N–H and O–H groups in total. The van der Waals surface area contributed by atoms with Crippen LogP contribution in [0.4, 0.5) is 9.59 Å². The number of nitrogens with zero attached hydrogens (tertiary/aromatic N) is 2. The zero-order chi connectivity index (χ0) is 64.8. The highest BCUT2D eigenvalue weighted by Crippen LogP contribution is 2.33. The van der Waals surface area contributed by atoms with E-state index in [2.05, 4.69) is 20.6 Å². The summed E-state index contributed by atoms with van der Waals surface area (Å²) in [4.78, 5) is 48.4. The highest BCUT2D eigenvalue weighted by atomic mass is 35.5. The first-order valence-corrected chi connectivity index (χ1v) is 29.3. The molecule has 18 nitrogen and oxygen atoms in total. The molecule has 0 aliphatic heterocycles. The number of carbonyl (C=O) groups is 2. The predicted octanol–water partition coefficient (Wildman–Crippen LogP) is 13.7. The van der Waals surface area contributed by atoms with Gasteiger partial charge in [0, 0.05) is 52.1 Å². The average molecular weight is 1260 g/mol. The number of nitrogens with two attached hydrogens (primary N) is 1. The van der Waals surface area contributed by atoms with Crippen molar-refractivity contribution in [2.75, 3.05) is 0 Å². The van der Waals surface area contributed by atoms with Crippen LogP contribution in [0.2, 0.25) is 0 Å². The van der Waals surface area contributed by atoms with Crippen molar-refractivity contribution in [3.63, 3.8) is 0 Å². The molecule has 3 heterocycles. The Balaban J connectivity index is 0.000000186. The third-order valence-corrected chi connectivity index (χ3v) is 12.8. The molecule has 8 aromatic carbocycles. The van der Waals surface area contributed by atoms with Gasteiger partial charge >= 0.3 is 19.3 Å². The molecule has 11 aromatic rings. The second-order valence-electron chi connectivity index (χ2n) is 22.5. The highest BCUT2D eigenvalue weighted by molar-refractivity contribution is 6.58. The molecular formula is C72H74BClN6O12. The van der Waals surface area contributed by atoms with Gasteiger partial charge in [-0.15, -0.1) is 12.4 Å². The quantitative estimate of drug-likeness (QED) is 0.0444. The summed E-state index contributed by atoms with van der Waals surface area (Å²) in [7, 11) is -1.34. The molecule has 92 heavy (non-hydrogen) atoms. The maximum Gasteiger partial charge on any atom is 0.488 e. The molecule has 0 aliphatic rings. The number of aromatic hydroxyl groups is 1. The first kappa shape index (κ1) is 69.0. The Hall–Kier alpha value is -10.4. The lowest BCUT2D eigenvalue weighted by Gasteiger charge is -2.19. The number of hydrogen-bond donors (Lipinski definition) is 7. The van der Waals surface area contributed by atoms with E-state index in [1.165, 1.54) is 6.07 Å². The second kappa shape index (κ2) is 33.4. The number of amides is 2. The standard InChI is InChI=1S/C28H28N2O4.C22H24N2O4.C16H14N2O2.C6H7BO2.ClH/c1-28(2,3)34-27(31)29-18-21-16-26(32-19-20-10-6-4-7-11-20)24-17-23(14-15-25(24)30-21)33-22-12-8-5-9-13-22;1-22(2,3)28-21(26)23-13-16-11-20(27-14-15-7-5-4-6-8-15)18-12-17(25)9-10-19(18)24-16;17-10-11-8-16(19)14-9-13(6-7-15(14)18-11)20-12-4-2-1-3-5-12;8-7(9)6-4-2-1-3-5-6;/h4-17H,18-19H2,1-3H3,(H,29,31);4-12,25H,13-14H2,1-3H3,(H,23,26);1-9H,10,17H2,(H,18,19);1-5,8-9H;1H. The van der Waals surface area contributed by atoms with E-state index < -0.39 is 30.5 Å². The maximum absolute atomic E-state index is 12.1. The largest absolute Gasteiger partial charge is 0.508 e. The molecule has 0 fully saturated rings. The number of fused-ring (bicyclic) bond motifs is 3. The van der Waals surface area contributed by atoms with E-state index in [1.54, 1.807) is 54.6 Å². The molecule has 0 atom stereocenters. The number of aromatic nitrogens is 3. The van der Waals surface area contributed by atoms with Crippen molar-refractivity contribution in [3.8, 4) is 40.2 Å². The van der Waals surface area contributed by atoms with Gasteiger partial charge in [0.1, 0.15) is 64.7 Å². The zero-order valence-corrected chi connectivity index (χ0v) is 52.7. The van der Waals surface area contributed by atoms with Crippen LogP contribution in [0, 0.1) is 0 Å². The summed E-state index contributed by atoms with van der Waals surface area (Å²) in [6.45, 7) is 12.4. The van der Waals surface area contributed by atoms with Crippen LogP contribution in [0.5, 0.6) is 40.2 Å². The van der Waals surface area contributed by atoms with E-state index in [1.807, 2.05) is 205 Å². The van der Waals surface area contributed by atoms with Gasteiger partial charge in [-0.2, -0.15) is 0 Å². The molecule has 0 unspecified atom stereocenters. The van der Waals surface area contributed by atoms with Crippen molar-refractivity contribution < 1.29 is 53.2 Å². The molecule has 474 valence electrons. The van der Waals surface area contributed by atoms with Crippen LogP contribution < -0.4 is 46.2 Å². The number of aromatic amines is 1. The number of halogens is 1. The molecule has 2 amide bonds. The second-order valence-corrected chi connectivity index (χ2v) is 22.5. The first-order valence-electron chi connectivity index (χ1n) is 29.3. The van der Waals surface area contributed by atoms with E-state index in [0.717, 1.165) is 44.7 Å². The minimum absolute atomic E-state index is 0. The number of benzene rings is 8. The highest BCUT2D eigenvalue weighted by Gasteiger charge is 2.19. The van der Waals surface area contributed by atoms with Crippen molar-refractivity contribution in [1.29, 1.82) is 0 Å². The van der Waals surface area contributed by atoms with Gasteiger partial charge in [-0.3, -0.25) is 14.8 Å². The number of para-hydroxylation sites is 2. The number of pyridine rings is 3. The summed E-state index contributed by atoms with van der Waals surface area (Å²) in [5.41, 5.74) is 11.2. The van der Waals surface area contributed by atoms with E-state index in [-0.39, 0.29) is 36.7 Å². The smallest absolute Gasteiger partial charge is 0.488 e. The Kier molecular flexibility index (Phi) is 25.1. The molecule has 0 saturated heterocycles. The van der Waals surface area contributed by atoms with Crippen LogP contribution in [-0.2, 0) is 42.3 Å². The van der Waals surface area contributed by atoms with Crippen LogP contribution in [0.15, 0.2) is 229 Å². The Morgan fingerprint density at radius 3 is 1.36 bits per heavy atom. The third kappa shape index (κ3) is 22.3. The summed E-state index contributed by atoms with van der Waals surface area (Å²) in [6, 6.07) is 68.6. The van der Waals surface area contributed by atoms with E-state index in [9.17, 15) is 19.5 Å². The SMILES string of the molecule is CC(C)(C)OC(=O)NCc1cc(OCc2ccccc2)c2cc(O)ccc2n1.CC(C)(C)OC(=O)NCc1cc(OCc2ccccc2)c2cc(Oc3ccccc3)ccc2n1.Cl.NCc1cc(=O)c2cc(Oc3ccccc3)ccc2[nH]1.OB(O)c1ccccc1. The number of rotatable bonds is 16. The van der Waals surface area contributed by atoms with Crippen molar-refractivity contribution in [1.82, 2.24) is 25.6 Å². The minimum atomic E-state index is -1.34. The summed E-state index contributed by atoms with van der Waals surface area (Å²) in [5, 5.41) is 34.6. The summed E-state index contributed by atoms with van der Waals surface area (Å²) in [5.74, 6) is 4.19. The minimum Gasteiger partial charge on any atom is -0.508 e. The fraction of sp³-hybridized carbons (Fsp3) is 0.181. The number of H-pyrrole nitrogens is 1. The summed E-state index contributed by atoms with van der Waals surface area (Å²) < 4.78 is 34.5. The molecule has 0 bridgehead atoms. The van der Waals surface area contributed by atoms with Gasteiger partial charge in [-0.05, 0) is 137 Å². The maximum atomic E-state index is 12.1. The van der Waals surface area contributed by atoms with Crippen molar-refractivity contribution in [3.05, 3.63) is 263 Å². The number of phenols is 1. The molecule has 0 radical (unpaired) electrons. The predicted molar refractivity (Wildman–Crippen MR) is 362 cm³/mol. The van der Waals surface area contributed by atoms with Gasteiger partial charge in [0.05, 0.1) is 35.5 Å². The van der Waals surface area contributed by atoms with E-state index in [4.69, 9.17) is 49.2 Å². The lowest BCUT2D eigenvalue weighted by molar-refractivity contribution is 0.0511. The van der Waals surface area contributed by atoms with Crippen LogP contribution in [0.3, 0.4) is 0 Å². The Bertz CT molecular complexity index is 4200.